The van der Waals surface area contributed by atoms with E-state index >= 15 is 0 Å². The topological polar surface area (TPSA) is 0 Å². The van der Waals surface area contributed by atoms with Crippen molar-refractivity contribution in [3.63, 3.8) is 0 Å². The van der Waals surface area contributed by atoms with Gasteiger partial charge in [0.25, 0.3) is 0 Å². The van der Waals surface area contributed by atoms with E-state index in [2.05, 4.69) is 38.1 Å². The Labute approximate surface area is 83.4 Å². The first kappa shape index (κ1) is 9.84. The Kier molecular flexibility index (Phi) is 3.85. The normalized spacial score (nSPS) is 12.8. The van der Waals surface area contributed by atoms with Gasteiger partial charge in [0.05, 0.1) is 0 Å². The Hall–Kier alpha value is -0.248. The smallest absolute Gasteiger partial charge is 0.0946 e. The summed E-state index contributed by atoms with van der Waals surface area (Å²) >= 11 is 1.31. The van der Waals surface area contributed by atoms with Crippen molar-refractivity contribution in [2.24, 2.45) is 0 Å². The highest BCUT2D eigenvalue weighted by Crippen LogP contribution is 2.22. The van der Waals surface area contributed by atoms with E-state index in [0.29, 0.717) is 0 Å². The molecule has 0 N–H and O–H groups in total. The van der Waals surface area contributed by atoms with Crippen LogP contribution in [-0.4, -0.2) is 16.3 Å². The van der Waals surface area contributed by atoms with Gasteiger partial charge in [-0.15, -0.1) is 0 Å². The summed E-state index contributed by atoms with van der Waals surface area (Å²) in [5.74, 6) is 0.816. The molecule has 0 heterocycles. The predicted octanol–water partition coefficient (Wildman–Crippen LogP) is 2.54. The maximum Gasteiger partial charge on any atom is 0.212 e. The monoisotopic (exact) mass is 176 g/mol. The third-order valence-corrected chi connectivity index (χ3v) is 3.48. The molecular weight excluding hydrogens is 159 g/mol. The zero-order valence-corrected chi connectivity index (χ0v) is 10.3. The van der Waals surface area contributed by atoms with Gasteiger partial charge in [0.1, 0.15) is 0 Å². The van der Waals surface area contributed by atoms with E-state index < -0.39 is 0 Å². The predicted molar refractivity (Wildman–Crippen MR) is 57.6 cm³/mol. The van der Waals surface area contributed by atoms with Gasteiger partial charge in [0.15, 0.2) is 0 Å². The molecule has 0 aliphatic carbocycles. The fourth-order valence-electron chi connectivity index (χ4n) is 1.68. The minimum absolute atomic E-state index is 0.816. The first-order valence-corrected chi connectivity index (χ1v) is 6.25. The lowest BCUT2D eigenvalue weighted by Gasteiger charge is -2.12. The molecule has 0 saturated carbocycles. The van der Waals surface area contributed by atoms with Crippen LogP contribution in [0, 0.1) is 6.92 Å². The molecular formula is C11H17Al. The maximum absolute atomic E-state index is 2.33. The second kappa shape index (κ2) is 4.70. The van der Waals surface area contributed by atoms with Gasteiger partial charge in [-0.05, 0) is 18.4 Å². The fraction of sp³-hybridized carbons (Fsp3) is 0.455. The molecule has 1 atom stereocenters. The molecule has 0 radical (unpaired) electrons. The lowest BCUT2D eigenvalue weighted by atomic mass is 9.97. The molecule has 64 valence electrons. The molecule has 1 unspecified atom stereocenters. The van der Waals surface area contributed by atoms with Crippen LogP contribution in [0.15, 0.2) is 24.3 Å². The van der Waals surface area contributed by atoms with Crippen LogP contribution in [0.3, 0.4) is 0 Å². The number of benzene rings is 1. The van der Waals surface area contributed by atoms with Crippen molar-refractivity contribution in [3.8, 4) is 0 Å². The molecule has 0 fully saturated rings. The summed E-state index contributed by atoms with van der Waals surface area (Å²) in [6.45, 7) is 4.45. The van der Waals surface area contributed by atoms with Crippen LogP contribution < -0.4 is 0 Å². The van der Waals surface area contributed by atoms with Crippen LogP contribution in [-0.2, 0) is 0 Å². The minimum Gasteiger partial charge on any atom is -0.0946 e. The van der Waals surface area contributed by atoms with E-state index in [4.69, 9.17) is 0 Å². The lowest BCUT2D eigenvalue weighted by Crippen LogP contribution is -1.96. The van der Waals surface area contributed by atoms with E-state index in [0.717, 1.165) is 5.92 Å². The standard InChI is InChI=1S/C11H15.Al.2H/c1-4-10(3)11-7-5-6-9(2)8-11;;;/h5-8,10H,3-4H2,1-2H3;;;. The van der Waals surface area contributed by atoms with Crippen LogP contribution in [0.25, 0.3) is 0 Å². The van der Waals surface area contributed by atoms with Crippen LogP contribution in [0.1, 0.15) is 30.4 Å². The second-order valence-electron chi connectivity index (χ2n) is 3.43. The highest BCUT2D eigenvalue weighted by Gasteiger charge is 2.05. The van der Waals surface area contributed by atoms with Gasteiger partial charge >= 0.3 is 0 Å². The van der Waals surface area contributed by atoms with Crippen molar-refractivity contribution in [2.75, 3.05) is 0 Å². The number of rotatable bonds is 3. The summed E-state index contributed by atoms with van der Waals surface area (Å²) in [5, 5.41) is 1.39. The van der Waals surface area contributed by atoms with Crippen molar-refractivity contribution in [3.05, 3.63) is 35.4 Å². The van der Waals surface area contributed by atoms with Crippen molar-refractivity contribution in [1.29, 1.82) is 0 Å². The Morgan fingerprint density at radius 2 is 2.17 bits per heavy atom. The third-order valence-electron chi connectivity index (χ3n) is 2.50. The van der Waals surface area contributed by atoms with Gasteiger partial charge < -0.3 is 0 Å². The number of hydrogen-bond donors (Lipinski definition) is 0. The molecule has 0 aliphatic heterocycles. The third kappa shape index (κ3) is 2.37. The largest absolute Gasteiger partial charge is 0.212 e. The zero-order chi connectivity index (χ0) is 8.97. The lowest BCUT2D eigenvalue weighted by molar-refractivity contribution is 0.732. The highest BCUT2D eigenvalue weighted by molar-refractivity contribution is 6.09. The van der Waals surface area contributed by atoms with Gasteiger partial charge in [-0.3, -0.25) is 0 Å². The summed E-state index contributed by atoms with van der Waals surface area (Å²) in [6, 6.07) is 8.93. The molecule has 0 amide bonds. The first-order chi connectivity index (χ1) is 5.77. The molecule has 1 rings (SSSR count). The maximum atomic E-state index is 2.33. The van der Waals surface area contributed by atoms with Crippen LogP contribution in [0.2, 0.25) is 5.28 Å². The summed E-state index contributed by atoms with van der Waals surface area (Å²) < 4.78 is 0. The zero-order valence-electron chi connectivity index (χ0n) is 8.30. The van der Waals surface area contributed by atoms with Gasteiger partial charge in [-0.1, -0.05) is 48.5 Å². The van der Waals surface area contributed by atoms with E-state index in [1.165, 1.54) is 39.1 Å². The first-order valence-electron chi connectivity index (χ1n) is 4.84. The van der Waals surface area contributed by atoms with E-state index in [1.54, 1.807) is 0 Å². The SMILES string of the molecule is CCC([CH2][AlH2])c1cccc(C)c1. The second-order valence-corrected chi connectivity index (χ2v) is 4.24. The molecule has 0 bridgehead atoms. The Morgan fingerprint density at radius 3 is 2.67 bits per heavy atom. The van der Waals surface area contributed by atoms with Gasteiger partial charge in [-0.25, -0.2) is 0 Å². The molecule has 1 aromatic carbocycles. The van der Waals surface area contributed by atoms with Crippen LogP contribution >= 0.6 is 0 Å². The Balaban J connectivity index is 2.85. The molecule has 1 aromatic rings. The van der Waals surface area contributed by atoms with Crippen molar-refractivity contribution < 1.29 is 0 Å². The fourth-order valence-corrected chi connectivity index (χ4v) is 2.73. The van der Waals surface area contributed by atoms with Crippen LogP contribution in [0.4, 0.5) is 0 Å². The van der Waals surface area contributed by atoms with Gasteiger partial charge in [0, 0.05) is 0 Å². The average molecular weight is 176 g/mol. The number of hydrogen-bond acceptors (Lipinski definition) is 0. The summed E-state index contributed by atoms with van der Waals surface area (Å²) in [4.78, 5) is 0. The van der Waals surface area contributed by atoms with E-state index in [9.17, 15) is 0 Å². The summed E-state index contributed by atoms with van der Waals surface area (Å²) in [5.41, 5.74) is 2.92. The molecule has 0 saturated heterocycles. The molecule has 0 spiro atoms. The van der Waals surface area contributed by atoms with Crippen molar-refractivity contribution in [2.45, 2.75) is 31.5 Å². The highest BCUT2D eigenvalue weighted by atomic mass is 27.0. The molecule has 0 aromatic heterocycles. The molecule has 0 nitrogen and oxygen atoms in total. The molecule has 1 heteroatoms. The van der Waals surface area contributed by atoms with Crippen LogP contribution in [0.5, 0.6) is 0 Å². The number of aryl methyl sites for hydroxylation is 1. The molecule has 0 aliphatic rings. The quantitative estimate of drug-likeness (QED) is 0.621. The summed E-state index contributed by atoms with van der Waals surface area (Å²) in [7, 11) is 0. The summed E-state index contributed by atoms with van der Waals surface area (Å²) in [6.07, 6.45) is 1.28. The van der Waals surface area contributed by atoms with Gasteiger partial charge in [-0.2, -0.15) is 0 Å². The van der Waals surface area contributed by atoms with E-state index in [1.807, 2.05) is 0 Å². The minimum atomic E-state index is 0.816. The molecule has 12 heavy (non-hydrogen) atoms. The van der Waals surface area contributed by atoms with Crippen molar-refractivity contribution >= 4 is 16.3 Å². The van der Waals surface area contributed by atoms with Crippen molar-refractivity contribution in [1.82, 2.24) is 0 Å². The average Bonchev–Trinajstić information content (AvgIpc) is 2.07. The Morgan fingerprint density at radius 1 is 1.42 bits per heavy atom. The Bertz CT molecular complexity index is 239. The van der Waals surface area contributed by atoms with E-state index in [-0.39, 0.29) is 0 Å². The van der Waals surface area contributed by atoms with Gasteiger partial charge in [0.2, 0.25) is 16.3 Å².